The van der Waals surface area contributed by atoms with Crippen molar-refractivity contribution in [1.29, 1.82) is 0 Å². The molecule has 1 aliphatic rings. The van der Waals surface area contributed by atoms with Gasteiger partial charge in [-0.15, -0.1) is 6.58 Å². The lowest BCUT2D eigenvalue weighted by Gasteiger charge is -2.35. The number of hydrogen-bond acceptors (Lipinski definition) is 3. The number of amides is 1. The third-order valence-electron chi connectivity index (χ3n) is 2.90. The van der Waals surface area contributed by atoms with E-state index >= 15 is 0 Å². The van der Waals surface area contributed by atoms with Crippen LogP contribution in [0.15, 0.2) is 12.7 Å². The molecule has 0 saturated carbocycles. The van der Waals surface area contributed by atoms with Crippen LogP contribution in [0, 0.1) is 0 Å². The summed E-state index contributed by atoms with van der Waals surface area (Å²) in [7, 11) is 0. The molecule has 0 spiro atoms. The summed E-state index contributed by atoms with van der Waals surface area (Å²) in [5, 5.41) is 10.6. The molecule has 0 radical (unpaired) electrons. The van der Waals surface area contributed by atoms with Crippen LogP contribution in [0.1, 0.15) is 25.7 Å². The van der Waals surface area contributed by atoms with Crippen LogP contribution in [0.2, 0.25) is 0 Å². The van der Waals surface area contributed by atoms with Gasteiger partial charge >= 0.3 is 18.1 Å². The monoisotopic (exact) mass is 295 g/mol. The zero-order chi connectivity index (χ0) is 15.3. The molecule has 1 saturated heterocycles. The molecule has 8 heteroatoms. The van der Waals surface area contributed by atoms with Crippen LogP contribution in [0.4, 0.5) is 13.2 Å². The number of hydrogen-bond donors (Lipinski definition) is 2. The quantitative estimate of drug-likeness (QED) is 0.756. The van der Waals surface area contributed by atoms with Crippen molar-refractivity contribution in [2.45, 2.75) is 50.1 Å². The third kappa shape index (κ3) is 5.20. The van der Waals surface area contributed by atoms with E-state index in [-0.39, 0.29) is 19.3 Å². The molecule has 1 fully saturated rings. The Morgan fingerprint density at radius 2 is 1.95 bits per heavy atom. The lowest BCUT2D eigenvalue weighted by molar-refractivity contribution is -0.176. The van der Waals surface area contributed by atoms with Crippen LogP contribution in [-0.2, 0) is 14.3 Å². The van der Waals surface area contributed by atoms with E-state index in [1.54, 1.807) is 0 Å². The summed E-state index contributed by atoms with van der Waals surface area (Å²) in [5.74, 6) is -3.12. The number of ether oxygens (including phenoxy) is 1. The first kappa shape index (κ1) is 16.5. The minimum absolute atomic E-state index is 0.0434. The van der Waals surface area contributed by atoms with E-state index in [0.29, 0.717) is 6.42 Å². The van der Waals surface area contributed by atoms with Gasteiger partial charge < -0.3 is 15.2 Å². The Hall–Kier alpha value is -1.57. The maximum atomic E-state index is 12.2. The maximum Gasteiger partial charge on any atom is 0.471 e. The first-order chi connectivity index (χ1) is 9.22. The lowest BCUT2D eigenvalue weighted by atomic mass is 9.95. The number of halogens is 3. The third-order valence-corrected chi connectivity index (χ3v) is 2.90. The number of aliphatic carboxylic acids is 1. The second kappa shape index (κ2) is 6.74. The van der Waals surface area contributed by atoms with Gasteiger partial charge in [-0.05, 0) is 19.3 Å². The van der Waals surface area contributed by atoms with Crippen molar-refractivity contribution in [2.24, 2.45) is 0 Å². The molecule has 1 rings (SSSR count). The Labute approximate surface area is 113 Å². The molecule has 5 nitrogen and oxygen atoms in total. The fraction of sp³-hybridized carbons (Fsp3) is 0.667. The van der Waals surface area contributed by atoms with Gasteiger partial charge in [-0.1, -0.05) is 6.08 Å². The highest BCUT2D eigenvalue weighted by Crippen LogP contribution is 2.25. The van der Waals surface area contributed by atoms with Gasteiger partial charge in [0.25, 0.3) is 0 Å². The summed E-state index contributed by atoms with van der Waals surface area (Å²) < 4.78 is 42.1. The molecule has 0 unspecified atom stereocenters. The van der Waals surface area contributed by atoms with E-state index in [1.165, 1.54) is 6.08 Å². The summed E-state index contributed by atoms with van der Waals surface area (Å²) in [6.45, 7) is 3.50. The summed E-state index contributed by atoms with van der Waals surface area (Å²) in [5.41, 5.74) is 0. The van der Waals surface area contributed by atoms with Gasteiger partial charge in [0.05, 0.1) is 18.6 Å². The predicted molar refractivity (Wildman–Crippen MR) is 62.9 cm³/mol. The first-order valence-electron chi connectivity index (χ1n) is 6.08. The van der Waals surface area contributed by atoms with Crippen molar-refractivity contribution in [3.05, 3.63) is 12.7 Å². The van der Waals surface area contributed by atoms with Gasteiger partial charge in [0.2, 0.25) is 0 Å². The topological polar surface area (TPSA) is 75.6 Å². The molecule has 0 aromatic rings. The van der Waals surface area contributed by atoms with E-state index in [1.807, 2.05) is 5.32 Å². The molecule has 0 aromatic heterocycles. The molecule has 1 aliphatic heterocycles. The smallest absolute Gasteiger partial charge is 0.471 e. The standard InChI is InChI=1S/C12H16F3NO4/c1-2-3-8-4-7(16-11(19)12(13,14)15)5-9(20-8)6-10(17)18/h2,7-9H,1,3-6H2,(H,16,19)(H,17,18)/t7-,8-,9-/m0/s1. The van der Waals surface area contributed by atoms with E-state index in [9.17, 15) is 22.8 Å². The molecule has 2 N–H and O–H groups in total. The average molecular weight is 295 g/mol. The van der Waals surface area contributed by atoms with E-state index < -0.39 is 36.3 Å². The molecule has 3 atom stereocenters. The fourth-order valence-corrected chi connectivity index (χ4v) is 2.16. The van der Waals surface area contributed by atoms with Crippen LogP contribution in [-0.4, -0.2) is 41.4 Å². The van der Waals surface area contributed by atoms with Gasteiger partial charge in [0.15, 0.2) is 0 Å². The molecule has 0 bridgehead atoms. The number of carboxylic acids is 1. The summed E-state index contributed by atoms with van der Waals surface area (Å²) in [4.78, 5) is 21.6. The van der Waals surface area contributed by atoms with Gasteiger partial charge in [-0.3, -0.25) is 9.59 Å². The van der Waals surface area contributed by atoms with Crippen molar-refractivity contribution < 1.29 is 32.6 Å². The molecule has 1 heterocycles. The second-order valence-electron chi connectivity index (χ2n) is 4.64. The Morgan fingerprint density at radius 1 is 1.35 bits per heavy atom. The van der Waals surface area contributed by atoms with E-state index in [2.05, 4.69) is 6.58 Å². The number of carbonyl (C=O) groups excluding carboxylic acids is 1. The van der Waals surface area contributed by atoms with Gasteiger partial charge in [0.1, 0.15) is 0 Å². The molecular formula is C12H16F3NO4. The Bertz CT molecular complexity index is 383. The van der Waals surface area contributed by atoms with Gasteiger partial charge in [0, 0.05) is 6.04 Å². The van der Waals surface area contributed by atoms with E-state index in [0.717, 1.165) is 0 Å². The van der Waals surface area contributed by atoms with Crippen LogP contribution < -0.4 is 5.32 Å². The number of carbonyl (C=O) groups is 2. The Kier molecular flexibility index (Phi) is 5.55. The minimum Gasteiger partial charge on any atom is -0.481 e. The van der Waals surface area contributed by atoms with Crippen LogP contribution >= 0.6 is 0 Å². The highest BCUT2D eigenvalue weighted by atomic mass is 19.4. The Morgan fingerprint density at radius 3 is 2.45 bits per heavy atom. The molecule has 0 aromatic carbocycles. The highest BCUT2D eigenvalue weighted by Gasteiger charge is 2.41. The molecule has 114 valence electrons. The zero-order valence-corrected chi connectivity index (χ0v) is 10.7. The number of carboxylic acid groups (broad SMARTS) is 1. The van der Waals surface area contributed by atoms with Crippen molar-refractivity contribution in [3.8, 4) is 0 Å². The number of alkyl halides is 3. The molecule has 20 heavy (non-hydrogen) atoms. The van der Waals surface area contributed by atoms with Crippen LogP contribution in [0.25, 0.3) is 0 Å². The summed E-state index contributed by atoms with van der Waals surface area (Å²) in [6, 6.07) is -0.757. The largest absolute Gasteiger partial charge is 0.481 e. The van der Waals surface area contributed by atoms with Gasteiger partial charge in [-0.2, -0.15) is 13.2 Å². The Balaban J connectivity index is 2.66. The zero-order valence-electron chi connectivity index (χ0n) is 10.7. The first-order valence-corrected chi connectivity index (χ1v) is 6.08. The predicted octanol–water partition coefficient (Wildman–Crippen LogP) is 1.63. The van der Waals surface area contributed by atoms with Gasteiger partial charge in [-0.25, -0.2) is 0 Å². The minimum atomic E-state index is -4.95. The van der Waals surface area contributed by atoms with Crippen molar-refractivity contribution >= 4 is 11.9 Å². The van der Waals surface area contributed by atoms with E-state index in [4.69, 9.17) is 9.84 Å². The van der Waals surface area contributed by atoms with Crippen molar-refractivity contribution in [3.63, 3.8) is 0 Å². The van der Waals surface area contributed by atoms with Crippen molar-refractivity contribution in [1.82, 2.24) is 5.32 Å². The SMILES string of the molecule is C=CC[C@H]1C[C@H](NC(=O)C(F)(F)F)C[C@@H](CC(=O)O)O1. The number of nitrogens with one attached hydrogen (secondary N) is 1. The van der Waals surface area contributed by atoms with Crippen LogP contribution in [0.3, 0.4) is 0 Å². The maximum absolute atomic E-state index is 12.2. The molecule has 1 amide bonds. The second-order valence-corrected chi connectivity index (χ2v) is 4.64. The van der Waals surface area contributed by atoms with Crippen LogP contribution in [0.5, 0.6) is 0 Å². The molecular weight excluding hydrogens is 279 g/mol. The van der Waals surface area contributed by atoms with Crippen molar-refractivity contribution in [2.75, 3.05) is 0 Å². The highest BCUT2D eigenvalue weighted by molar-refractivity contribution is 5.81. The number of rotatable bonds is 5. The normalized spacial score (nSPS) is 26.9. The summed E-state index contributed by atoms with van der Waals surface area (Å²) in [6.07, 6.45) is -4.26. The summed E-state index contributed by atoms with van der Waals surface area (Å²) >= 11 is 0. The average Bonchev–Trinajstić information content (AvgIpc) is 2.26. The lowest BCUT2D eigenvalue weighted by Crippen LogP contribution is -2.49. The molecule has 0 aliphatic carbocycles. The fourth-order valence-electron chi connectivity index (χ4n) is 2.16.